The van der Waals surface area contributed by atoms with Gasteiger partial charge in [0, 0.05) is 6.20 Å². The number of nitrogens with one attached hydrogen (secondary N) is 1. The minimum absolute atomic E-state index is 0.417. The standard InChI is InChI=1S/C7H11N3O2.C2H2O4.ClH.NO2.Pt/c8-6(7(11)12)2-1-5-3-9-4-10-5;3-1(4)2(5)6;;2-1-3;/h3-4,6H,1-2,8H2,(H,9,10)(H,11,12);(H,3,4)(H,5,6);1H;;/q;;;;+1/p-1. The third-order valence-electron chi connectivity index (χ3n) is 1.81. The van der Waals surface area contributed by atoms with Gasteiger partial charge in [0.15, 0.2) is 0 Å². The molecule has 0 aliphatic carbocycles. The molecule has 134 valence electrons. The number of aliphatic carboxylic acids is 3. The van der Waals surface area contributed by atoms with E-state index in [-0.39, 0.29) is 0 Å². The van der Waals surface area contributed by atoms with Gasteiger partial charge in [0.2, 0.25) is 0 Å². The number of aromatic amines is 1. The minimum atomic E-state index is -1.82. The summed E-state index contributed by atoms with van der Waals surface area (Å²) in [5.74, 6) is -4.62. The van der Waals surface area contributed by atoms with E-state index in [1.807, 2.05) is 0 Å². The van der Waals surface area contributed by atoms with E-state index in [0.29, 0.717) is 12.8 Å². The van der Waals surface area contributed by atoms with Crippen molar-refractivity contribution in [1.82, 2.24) is 9.97 Å². The quantitative estimate of drug-likeness (QED) is 0.182. The molecule has 12 nitrogen and oxygen atoms in total. The van der Waals surface area contributed by atoms with Crippen LogP contribution in [-0.2, 0) is 38.6 Å². The Morgan fingerprint density at radius 1 is 1.39 bits per heavy atom. The summed E-state index contributed by atoms with van der Waals surface area (Å²) in [6, 6.07) is -0.790. The Labute approximate surface area is 141 Å². The summed E-state index contributed by atoms with van der Waals surface area (Å²) in [7, 11) is 4.75. The van der Waals surface area contributed by atoms with Crippen molar-refractivity contribution in [1.29, 1.82) is 0 Å². The van der Waals surface area contributed by atoms with E-state index >= 15 is 0 Å². The Balaban J connectivity index is 0. The van der Waals surface area contributed by atoms with Gasteiger partial charge in [-0.05, 0) is 12.8 Å². The Morgan fingerprint density at radius 3 is 2.13 bits per heavy atom. The van der Waals surface area contributed by atoms with Gasteiger partial charge in [-0.2, -0.15) is 0 Å². The number of imidazole rings is 1. The van der Waals surface area contributed by atoms with Crippen LogP contribution in [0.2, 0.25) is 0 Å². The normalized spacial score (nSPS) is 10.3. The number of carbonyl (C=O) groups is 3. The summed E-state index contributed by atoms with van der Waals surface area (Å²) in [6.07, 6.45) is 4.30. The molecule has 0 aliphatic rings. The molecular weight excluding hydrogens is 523 g/mol. The van der Waals surface area contributed by atoms with Crippen molar-refractivity contribution in [2.45, 2.75) is 18.9 Å². The summed E-state index contributed by atoms with van der Waals surface area (Å²) in [5.41, 5.74) is 6.14. The molecule has 0 fully saturated rings. The van der Waals surface area contributed by atoms with E-state index in [1.165, 1.54) is 0 Å². The molecule has 0 aliphatic heterocycles. The maximum atomic E-state index is 10.3. The molecule has 1 rings (SSSR count). The van der Waals surface area contributed by atoms with Gasteiger partial charge in [-0.25, -0.2) is 14.6 Å². The fourth-order valence-electron chi connectivity index (χ4n) is 0.854. The van der Waals surface area contributed by atoms with Crippen LogP contribution in [0.15, 0.2) is 12.5 Å². The molecule has 0 radical (unpaired) electrons. The molecule has 1 aromatic rings. The first kappa shape index (κ1) is 23.2. The van der Waals surface area contributed by atoms with Gasteiger partial charge >= 0.3 is 58.7 Å². The van der Waals surface area contributed by atoms with Crippen molar-refractivity contribution >= 4 is 27.3 Å². The number of carboxylic acid groups (broad SMARTS) is 3. The Kier molecular flexibility index (Phi) is 13.7. The summed E-state index contributed by atoms with van der Waals surface area (Å²) >= 11 is -1.27. The van der Waals surface area contributed by atoms with Gasteiger partial charge in [0.1, 0.15) is 6.04 Å². The molecular formula is C9H13ClN4O8Pt. The number of aromatic nitrogens is 2. The number of rotatable bonds is 5. The molecule has 1 heterocycles. The number of aryl methyl sites for hydroxylation is 1. The summed E-state index contributed by atoms with van der Waals surface area (Å²) in [5, 5.41) is 32.3. The first-order valence-corrected chi connectivity index (χ1v) is 9.22. The number of H-pyrrole nitrogens is 1. The van der Waals surface area contributed by atoms with Crippen LogP contribution in [0.1, 0.15) is 12.1 Å². The molecule has 23 heavy (non-hydrogen) atoms. The molecule has 0 saturated carbocycles. The monoisotopic (exact) mass is 535 g/mol. The number of hydrogen-bond donors (Lipinski definition) is 5. The van der Waals surface area contributed by atoms with Crippen LogP contribution in [-0.4, -0.2) is 52.7 Å². The summed E-state index contributed by atoms with van der Waals surface area (Å²) in [6.45, 7) is 0. The second-order valence-corrected chi connectivity index (χ2v) is 5.49. The topological polar surface area (TPSA) is 210 Å². The molecule has 6 N–H and O–H groups in total. The zero-order valence-electron chi connectivity index (χ0n) is 11.2. The average molecular weight is 536 g/mol. The molecule has 0 spiro atoms. The molecule has 1 unspecified atom stereocenters. The van der Waals surface area contributed by atoms with E-state index < -0.39 is 45.2 Å². The number of nitro groups is 1. The van der Waals surface area contributed by atoms with Crippen LogP contribution < -0.4 is 5.73 Å². The molecule has 1 atom stereocenters. The number of carboxylic acids is 3. The van der Waals surface area contributed by atoms with Crippen LogP contribution in [0, 0.1) is 10.1 Å². The second kappa shape index (κ2) is 13.6. The third kappa shape index (κ3) is 16.2. The third-order valence-corrected chi connectivity index (χ3v) is 2.84. The zero-order valence-corrected chi connectivity index (χ0v) is 14.2. The van der Waals surface area contributed by atoms with Crippen molar-refractivity contribution in [3.8, 4) is 0 Å². The molecule has 0 aromatic carbocycles. The van der Waals surface area contributed by atoms with E-state index in [2.05, 4.69) is 9.97 Å². The fraction of sp³-hybridized carbons (Fsp3) is 0.333. The second-order valence-electron chi connectivity index (χ2n) is 3.40. The van der Waals surface area contributed by atoms with Gasteiger partial charge in [-0.3, -0.25) is 4.79 Å². The fourth-order valence-corrected chi connectivity index (χ4v) is 0.854. The molecule has 0 bridgehead atoms. The summed E-state index contributed by atoms with van der Waals surface area (Å²) < 4.78 is -0.498. The van der Waals surface area contributed by atoms with Crippen molar-refractivity contribution < 1.29 is 51.0 Å². The first-order chi connectivity index (χ1) is 10.6. The Morgan fingerprint density at radius 2 is 1.87 bits per heavy atom. The first-order valence-electron chi connectivity index (χ1n) is 5.39. The number of nitrogens with two attached hydrogens (primary N) is 1. The Hall–Kier alpha value is -2.04. The van der Waals surface area contributed by atoms with Crippen LogP contribution >= 0.6 is 9.42 Å². The zero-order chi connectivity index (χ0) is 18.4. The molecule has 0 saturated heterocycles. The Bertz CT molecular complexity index is 500. The average Bonchev–Trinajstić information content (AvgIpc) is 2.99. The van der Waals surface area contributed by atoms with Crippen molar-refractivity contribution in [2.75, 3.05) is 0 Å². The van der Waals surface area contributed by atoms with Crippen molar-refractivity contribution in [2.24, 2.45) is 5.73 Å². The van der Waals surface area contributed by atoms with Gasteiger partial charge < -0.3 is 26.0 Å². The van der Waals surface area contributed by atoms with E-state index in [1.54, 1.807) is 12.5 Å². The maximum absolute atomic E-state index is 10.3. The van der Waals surface area contributed by atoms with Gasteiger partial charge in [0.05, 0.1) is 12.0 Å². The number of hydrogen-bond acceptors (Lipinski definition) is 7. The molecule has 14 heteroatoms. The summed E-state index contributed by atoms with van der Waals surface area (Å²) in [4.78, 5) is 44.3. The van der Waals surface area contributed by atoms with E-state index in [4.69, 9.17) is 50.2 Å². The van der Waals surface area contributed by atoms with Gasteiger partial charge in [-0.15, -0.1) is 0 Å². The molecule has 1 aromatic heterocycles. The van der Waals surface area contributed by atoms with Crippen molar-refractivity contribution in [3.63, 3.8) is 0 Å². The van der Waals surface area contributed by atoms with Crippen LogP contribution in [0.5, 0.6) is 0 Å². The predicted molar refractivity (Wildman–Crippen MR) is 70.6 cm³/mol. The van der Waals surface area contributed by atoms with Gasteiger partial charge in [0.25, 0.3) is 0 Å². The SMILES string of the molecule is NC(CCc1c[nH]cn1)C(=O)O.O=C(O)C(=O)O.O=[N+]([O-])[Pt][Cl]. The predicted octanol–water partition coefficient (Wildman–Crippen LogP) is -0.676. The van der Waals surface area contributed by atoms with Crippen molar-refractivity contribution in [3.05, 3.63) is 28.3 Å². The van der Waals surface area contributed by atoms with E-state index in [9.17, 15) is 4.79 Å². The number of halogens is 1. The van der Waals surface area contributed by atoms with Crippen LogP contribution in [0.4, 0.5) is 0 Å². The number of nitrogens with zero attached hydrogens (tertiary/aromatic N) is 2. The van der Waals surface area contributed by atoms with Crippen LogP contribution in [0.3, 0.4) is 0 Å². The van der Waals surface area contributed by atoms with E-state index in [0.717, 1.165) is 5.69 Å². The van der Waals surface area contributed by atoms with Crippen LogP contribution in [0.25, 0.3) is 0 Å². The molecule has 0 amide bonds. The van der Waals surface area contributed by atoms with Gasteiger partial charge in [-0.1, -0.05) is 0 Å².